The number of nitrogens with one attached hydrogen (secondary N) is 1. The van der Waals surface area contributed by atoms with E-state index >= 15 is 0 Å². The second-order valence-corrected chi connectivity index (χ2v) is 10.9. The third kappa shape index (κ3) is 4.83. The first kappa shape index (κ1) is 21.4. The van der Waals surface area contributed by atoms with Crippen LogP contribution in [0.1, 0.15) is 47.3 Å². The van der Waals surface area contributed by atoms with Crippen LogP contribution in [0.4, 0.5) is 0 Å². The lowest BCUT2D eigenvalue weighted by atomic mass is 9.87. The maximum absolute atomic E-state index is 12.5. The molecule has 2 aromatic carbocycles. The van der Waals surface area contributed by atoms with Crippen LogP contribution in [-0.2, 0) is 21.9 Å². The van der Waals surface area contributed by atoms with Gasteiger partial charge in [0.05, 0.1) is 25.7 Å². The number of carboxylic acids is 1. The number of aryl methyl sites for hydroxylation is 1. The molecular formula is C21H24N2O4S2. The van der Waals surface area contributed by atoms with Gasteiger partial charge in [0, 0.05) is 13.0 Å². The van der Waals surface area contributed by atoms with Crippen LogP contribution in [0.2, 0.25) is 0 Å². The van der Waals surface area contributed by atoms with E-state index in [9.17, 15) is 18.3 Å². The fraction of sp³-hybridized carbons (Fsp3) is 0.333. The highest BCUT2D eigenvalue weighted by atomic mass is 32.2. The first-order chi connectivity index (χ1) is 13.5. The Morgan fingerprint density at radius 3 is 2.55 bits per heavy atom. The minimum atomic E-state index is -3.80. The molecule has 0 aliphatic carbocycles. The molecule has 8 heteroatoms. The summed E-state index contributed by atoms with van der Waals surface area (Å²) in [5, 5.41) is 10.0. The van der Waals surface area contributed by atoms with E-state index in [4.69, 9.17) is 0 Å². The number of rotatable bonds is 6. The minimum Gasteiger partial charge on any atom is -0.478 e. The van der Waals surface area contributed by atoms with E-state index in [0.29, 0.717) is 12.0 Å². The zero-order valence-corrected chi connectivity index (χ0v) is 18.4. The van der Waals surface area contributed by atoms with Crippen molar-refractivity contribution in [1.29, 1.82) is 0 Å². The largest absolute Gasteiger partial charge is 0.478 e. The van der Waals surface area contributed by atoms with Crippen molar-refractivity contribution in [2.45, 2.75) is 44.4 Å². The molecular weight excluding hydrogens is 408 g/mol. The van der Waals surface area contributed by atoms with Gasteiger partial charge in [-0.1, -0.05) is 32.9 Å². The molecule has 0 radical (unpaired) electrons. The lowest BCUT2D eigenvalue weighted by Gasteiger charge is -2.18. The van der Waals surface area contributed by atoms with Gasteiger partial charge in [0.25, 0.3) is 0 Å². The van der Waals surface area contributed by atoms with Gasteiger partial charge < -0.3 is 5.11 Å². The first-order valence-corrected chi connectivity index (χ1v) is 11.5. The molecule has 0 saturated carbocycles. The second-order valence-electron chi connectivity index (χ2n) is 7.97. The average molecular weight is 433 g/mol. The van der Waals surface area contributed by atoms with Gasteiger partial charge in [-0.2, -0.15) is 0 Å². The normalized spacial score (nSPS) is 12.4. The SMILES string of the molecule is Cc1ccc(S(=O)(=O)NCCc2nc3cc(C(C)(C)C)ccc3s2)cc1C(=O)O. The summed E-state index contributed by atoms with van der Waals surface area (Å²) in [5.74, 6) is -1.15. The van der Waals surface area contributed by atoms with Crippen LogP contribution in [-0.4, -0.2) is 31.0 Å². The van der Waals surface area contributed by atoms with E-state index in [1.54, 1.807) is 18.3 Å². The molecule has 6 nitrogen and oxygen atoms in total. The first-order valence-electron chi connectivity index (χ1n) is 9.21. The van der Waals surface area contributed by atoms with Crippen molar-refractivity contribution in [3.05, 3.63) is 58.1 Å². The quantitative estimate of drug-likeness (QED) is 0.611. The summed E-state index contributed by atoms with van der Waals surface area (Å²) in [4.78, 5) is 15.8. The molecule has 0 spiro atoms. The van der Waals surface area contributed by atoms with E-state index in [1.165, 1.54) is 23.8 Å². The Labute approximate surface area is 174 Å². The summed E-state index contributed by atoms with van der Waals surface area (Å²) >= 11 is 1.55. The van der Waals surface area contributed by atoms with E-state index in [2.05, 4.69) is 48.7 Å². The van der Waals surface area contributed by atoms with E-state index in [-0.39, 0.29) is 22.4 Å². The highest BCUT2D eigenvalue weighted by Crippen LogP contribution is 2.29. The predicted molar refractivity (Wildman–Crippen MR) is 115 cm³/mol. The number of hydrogen-bond donors (Lipinski definition) is 2. The third-order valence-electron chi connectivity index (χ3n) is 4.68. The number of nitrogens with zero attached hydrogens (tertiary/aromatic N) is 1. The van der Waals surface area contributed by atoms with E-state index < -0.39 is 16.0 Å². The standard InChI is InChI=1S/C21H24N2O4S2/c1-13-5-7-15(12-16(13)20(24)25)29(26,27)22-10-9-19-23-17-11-14(21(2,3)4)6-8-18(17)28-19/h5-8,11-12,22H,9-10H2,1-4H3,(H,24,25). The maximum Gasteiger partial charge on any atom is 0.335 e. The number of hydrogen-bond acceptors (Lipinski definition) is 5. The molecule has 1 aromatic heterocycles. The molecule has 0 amide bonds. The Bertz CT molecular complexity index is 1180. The fourth-order valence-corrected chi connectivity index (χ4v) is 4.93. The number of carbonyl (C=O) groups is 1. The molecule has 3 rings (SSSR count). The van der Waals surface area contributed by atoms with Crippen molar-refractivity contribution >= 4 is 37.5 Å². The van der Waals surface area contributed by atoms with Gasteiger partial charge in [-0.3, -0.25) is 0 Å². The van der Waals surface area contributed by atoms with Gasteiger partial charge in [0.2, 0.25) is 10.0 Å². The van der Waals surface area contributed by atoms with Gasteiger partial charge in [-0.15, -0.1) is 11.3 Å². The average Bonchev–Trinajstić information content (AvgIpc) is 3.02. The zero-order chi connectivity index (χ0) is 21.4. The van der Waals surface area contributed by atoms with Crippen LogP contribution in [0.15, 0.2) is 41.3 Å². The summed E-state index contributed by atoms with van der Waals surface area (Å²) < 4.78 is 28.6. The smallest absolute Gasteiger partial charge is 0.335 e. The van der Waals surface area contributed by atoms with Gasteiger partial charge in [0.1, 0.15) is 0 Å². The lowest BCUT2D eigenvalue weighted by Crippen LogP contribution is -2.26. The summed E-state index contributed by atoms with van der Waals surface area (Å²) in [6.07, 6.45) is 0.459. The van der Waals surface area contributed by atoms with Crippen LogP contribution in [0.5, 0.6) is 0 Å². The summed E-state index contributed by atoms with van der Waals surface area (Å²) in [7, 11) is -3.80. The van der Waals surface area contributed by atoms with Gasteiger partial charge in [-0.25, -0.2) is 22.9 Å². The maximum atomic E-state index is 12.5. The number of aromatic nitrogens is 1. The van der Waals surface area contributed by atoms with Crippen LogP contribution in [0.3, 0.4) is 0 Å². The summed E-state index contributed by atoms with van der Waals surface area (Å²) in [6.45, 7) is 8.27. The lowest BCUT2D eigenvalue weighted by molar-refractivity contribution is 0.0696. The number of fused-ring (bicyclic) bond motifs is 1. The molecule has 0 fully saturated rings. The summed E-state index contributed by atoms with van der Waals surface area (Å²) in [6, 6.07) is 10.3. The third-order valence-corrected chi connectivity index (χ3v) is 7.23. The van der Waals surface area contributed by atoms with Gasteiger partial charge in [0.15, 0.2) is 0 Å². The molecule has 0 aliphatic rings. The summed E-state index contributed by atoms with van der Waals surface area (Å²) in [5.41, 5.74) is 2.66. The monoisotopic (exact) mass is 432 g/mol. The molecule has 154 valence electrons. The second kappa shape index (κ2) is 7.85. The number of sulfonamides is 1. The Morgan fingerprint density at radius 1 is 1.17 bits per heavy atom. The Morgan fingerprint density at radius 2 is 1.90 bits per heavy atom. The number of benzene rings is 2. The van der Waals surface area contributed by atoms with Crippen LogP contribution in [0, 0.1) is 6.92 Å². The van der Waals surface area contributed by atoms with E-state index in [0.717, 1.165) is 15.2 Å². The van der Waals surface area contributed by atoms with Crippen LogP contribution < -0.4 is 4.72 Å². The van der Waals surface area contributed by atoms with Crippen molar-refractivity contribution < 1.29 is 18.3 Å². The van der Waals surface area contributed by atoms with E-state index in [1.807, 2.05) is 0 Å². The van der Waals surface area contributed by atoms with Crippen molar-refractivity contribution in [3.8, 4) is 0 Å². The predicted octanol–water partition coefficient (Wildman–Crippen LogP) is 4.12. The molecule has 0 unspecified atom stereocenters. The topological polar surface area (TPSA) is 96.4 Å². The molecule has 2 N–H and O–H groups in total. The molecule has 0 bridgehead atoms. The molecule has 0 saturated heterocycles. The fourth-order valence-electron chi connectivity index (χ4n) is 2.92. The minimum absolute atomic E-state index is 0.0197. The van der Waals surface area contributed by atoms with Crippen molar-refractivity contribution in [1.82, 2.24) is 9.71 Å². The van der Waals surface area contributed by atoms with Gasteiger partial charge >= 0.3 is 5.97 Å². The Balaban J connectivity index is 1.72. The number of thiazole rings is 1. The highest BCUT2D eigenvalue weighted by Gasteiger charge is 2.18. The Kier molecular flexibility index (Phi) is 5.80. The van der Waals surface area contributed by atoms with Crippen molar-refractivity contribution in [3.63, 3.8) is 0 Å². The Hall–Kier alpha value is -2.29. The van der Waals surface area contributed by atoms with Crippen molar-refractivity contribution in [2.24, 2.45) is 0 Å². The number of aromatic carboxylic acids is 1. The van der Waals surface area contributed by atoms with Crippen LogP contribution in [0.25, 0.3) is 10.2 Å². The number of carboxylic acid groups (broad SMARTS) is 1. The molecule has 0 atom stereocenters. The molecule has 29 heavy (non-hydrogen) atoms. The molecule has 3 aromatic rings. The zero-order valence-electron chi connectivity index (χ0n) is 16.8. The van der Waals surface area contributed by atoms with Gasteiger partial charge in [-0.05, 0) is 47.7 Å². The molecule has 0 aliphatic heterocycles. The van der Waals surface area contributed by atoms with Crippen molar-refractivity contribution in [2.75, 3.05) is 6.54 Å². The molecule has 1 heterocycles. The highest BCUT2D eigenvalue weighted by molar-refractivity contribution is 7.89. The van der Waals surface area contributed by atoms with Crippen LogP contribution >= 0.6 is 11.3 Å².